The van der Waals surface area contributed by atoms with Gasteiger partial charge in [0.15, 0.2) is 0 Å². The number of aromatic nitrogens is 4. The Balaban J connectivity index is 1.33. The molecule has 0 bridgehead atoms. The number of H-pyrrole nitrogens is 1. The number of rotatable bonds is 5. The van der Waals surface area contributed by atoms with Crippen LogP contribution in [0, 0.1) is 46.3 Å². The number of hydrogen-bond donors (Lipinski definition) is 2. The minimum absolute atomic E-state index is 0.127. The number of aryl methyl sites for hydroxylation is 1. The van der Waals surface area contributed by atoms with Crippen LogP contribution in [0.5, 0.6) is 0 Å². The molecule has 1 heterocycles. The highest BCUT2D eigenvalue weighted by Gasteiger charge is 2.62. The second kappa shape index (κ2) is 8.09. The van der Waals surface area contributed by atoms with Crippen LogP contribution in [0.4, 0.5) is 0 Å². The number of aliphatic hydroxyl groups excluding tert-OH is 1. The lowest BCUT2D eigenvalue weighted by molar-refractivity contribution is -0.176. The third-order valence-electron chi connectivity index (χ3n) is 11.0. The van der Waals surface area contributed by atoms with Crippen molar-refractivity contribution >= 4 is 0 Å². The van der Waals surface area contributed by atoms with Crippen LogP contribution in [0.25, 0.3) is 0 Å². The summed E-state index contributed by atoms with van der Waals surface area (Å²) in [5, 5.41) is 25.9. The van der Waals surface area contributed by atoms with E-state index in [1.165, 1.54) is 38.5 Å². The molecule has 174 valence electrons. The average Bonchev–Trinajstić information content (AvgIpc) is 3.39. The molecule has 4 fully saturated rings. The number of nitrogens with zero attached hydrogens (tertiary/aromatic N) is 3. The summed E-state index contributed by atoms with van der Waals surface area (Å²) in [6.07, 6.45) is 12.2. The maximum absolute atomic E-state index is 11.5. The van der Waals surface area contributed by atoms with Crippen molar-refractivity contribution in [3.8, 4) is 0 Å². The molecule has 6 heteroatoms. The van der Waals surface area contributed by atoms with Crippen molar-refractivity contribution in [3.05, 3.63) is 5.82 Å². The molecule has 2 N–H and O–H groups in total. The molecule has 0 aromatic carbocycles. The van der Waals surface area contributed by atoms with Gasteiger partial charge < -0.3 is 9.84 Å². The molecule has 0 saturated heterocycles. The summed E-state index contributed by atoms with van der Waals surface area (Å²) in [6, 6.07) is 0. The molecule has 5 rings (SSSR count). The first kappa shape index (κ1) is 21.8. The minimum Gasteiger partial charge on any atom is -0.393 e. The van der Waals surface area contributed by atoms with Gasteiger partial charge in [-0.1, -0.05) is 20.8 Å². The van der Waals surface area contributed by atoms with Gasteiger partial charge in [0.25, 0.3) is 0 Å². The van der Waals surface area contributed by atoms with Gasteiger partial charge in [-0.25, -0.2) is 5.10 Å². The van der Waals surface area contributed by atoms with Crippen LogP contribution >= 0.6 is 0 Å². The highest BCUT2D eigenvalue weighted by molar-refractivity contribution is 5.12. The Kier molecular flexibility index (Phi) is 5.69. The molecular formula is C25H42N4O2. The normalized spacial score (nSPS) is 48.0. The first-order valence-corrected chi connectivity index (χ1v) is 12.8. The number of aliphatic hydroxyl groups is 1. The van der Waals surface area contributed by atoms with E-state index in [9.17, 15) is 5.11 Å². The standard InChI is InChI=1S/C25H42N4O2/c1-15(5-8-22-26-28-29-27-22)18-6-7-19-23-20(10-12-25(18,19)3)24(2)11-9-17(31-4)13-16(24)14-21(23)30/h15-21,23,30H,5-14H2,1-4H3,(H,26,27,28,29)/t15-,16+,17-,18?,19+,20+,21-,23+,24+,25-/m1/s1. The Hall–Kier alpha value is -1.01. The maximum atomic E-state index is 11.5. The molecule has 0 spiro atoms. The van der Waals surface area contributed by atoms with E-state index < -0.39 is 0 Å². The van der Waals surface area contributed by atoms with Crippen molar-refractivity contribution in [1.82, 2.24) is 20.6 Å². The van der Waals surface area contributed by atoms with Crippen LogP contribution in [-0.2, 0) is 11.2 Å². The smallest absolute Gasteiger partial charge is 0.148 e. The lowest BCUT2D eigenvalue weighted by Gasteiger charge is -2.62. The molecule has 1 aromatic heterocycles. The average molecular weight is 431 g/mol. The van der Waals surface area contributed by atoms with Crippen molar-refractivity contribution in [2.45, 2.75) is 97.2 Å². The van der Waals surface area contributed by atoms with Crippen LogP contribution in [-0.4, -0.2) is 45.0 Å². The van der Waals surface area contributed by atoms with Crippen molar-refractivity contribution in [3.63, 3.8) is 0 Å². The Morgan fingerprint density at radius 1 is 1.10 bits per heavy atom. The van der Waals surface area contributed by atoms with Gasteiger partial charge >= 0.3 is 0 Å². The van der Waals surface area contributed by atoms with Gasteiger partial charge in [-0.15, -0.1) is 5.10 Å². The Morgan fingerprint density at radius 2 is 1.87 bits per heavy atom. The largest absolute Gasteiger partial charge is 0.393 e. The van der Waals surface area contributed by atoms with Crippen LogP contribution < -0.4 is 0 Å². The van der Waals surface area contributed by atoms with Crippen molar-refractivity contribution < 1.29 is 9.84 Å². The van der Waals surface area contributed by atoms with Crippen molar-refractivity contribution in [1.29, 1.82) is 0 Å². The number of ether oxygens (including phenoxy) is 1. The maximum Gasteiger partial charge on any atom is 0.148 e. The van der Waals surface area contributed by atoms with E-state index in [1.807, 2.05) is 7.11 Å². The number of tetrazole rings is 1. The van der Waals surface area contributed by atoms with Gasteiger partial charge in [-0.05, 0) is 115 Å². The molecule has 1 aromatic rings. The van der Waals surface area contributed by atoms with Crippen LogP contribution in [0.15, 0.2) is 0 Å². The van der Waals surface area contributed by atoms with Gasteiger partial charge in [0.1, 0.15) is 5.82 Å². The SMILES string of the molecule is CO[C@@H]1CC[C@@]2(C)[C@@H](C1)C[C@@H](O)[C@@H]1[C@@H]2CC[C@]2(C)C([C@H](C)CCc3nnn[nH]3)CC[C@@H]12. The number of nitrogens with one attached hydrogen (secondary N) is 1. The molecule has 0 radical (unpaired) electrons. The van der Waals surface area contributed by atoms with E-state index in [-0.39, 0.29) is 6.10 Å². The molecular weight excluding hydrogens is 388 g/mol. The van der Waals surface area contributed by atoms with E-state index in [4.69, 9.17) is 4.74 Å². The highest BCUT2D eigenvalue weighted by atomic mass is 16.5. The Morgan fingerprint density at radius 3 is 2.61 bits per heavy atom. The molecule has 4 aliphatic rings. The third kappa shape index (κ3) is 3.47. The predicted octanol–water partition coefficient (Wildman–Crippen LogP) is 4.41. The molecule has 4 aliphatic carbocycles. The predicted molar refractivity (Wildman–Crippen MR) is 119 cm³/mol. The summed E-state index contributed by atoms with van der Waals surface area (Å²) in [6.45, 7) is 7.58. The highest BCUT2D eigenvalue weighted by Crippen LogP contribution is 2.68. The van der Waals surface area contributed by atoms with E-state index in [1.54, 1.807) is 0 Å². The van der Waals surface area contributed by atoms with Crippen molar-refractivity contribution in [2.75, 3.05) is 7.11 Å². The number of hydrogen-bond acceptors (Lipinski definition) is 5. The Labute approximate surface area is 187 Å². The third-order valence-corrected chi connectivity index (χ3v) is 11.0. The monoisotopic (exact) mass is 430 g/mol. The van der Waals surface area contributed by atoms with E-state index in [0.29, 0.717) is 46.5 Å². The fourth-order valence-electron chi connectivity index (χ4n) is 9.22. The fraction of sp³-hybridized carbons (Fsp3) is 0.960. The van der Waals surface area contributed by atoms with E-state index >= 15 is 0 Å². The summed E-state index contributed by atoms with van der Waals surface area (Å²) in [5.74, 6) is 4.80. The zero-order valence-electron chi connectivity index (χ0n) is 19.9. The van der Waals surface area contributed by atoms with Crippen LogP contribution in [0.1, 0.15) is 84.4 Å². The second-order valence-electron chi connectivity index (χ2n) is 12.0. The van der Waals surface area contributed by atoms with E-state index in [0.717, 1.165) is 37.4 Å². The first-order chi connectivity index (χ1) is 14.9. The molecule has 10 atom stereocenters. The summed E-state index contributed by atoms with van der Waals surface area (Å²) < 4.78 is 5.74. The molecule has 6 nitrogen and oxygen atoms in total. The number of aromatic amines is 1. The fourth-order valence-corrected chi connectivity index (χ4v) is 9.22. The molecule has 1 unspecified atom stereocenters. The molecule has 31 heavy (non-hydrogen) atoms. The van der Waals surface area contributed by atoms with Crippen molar-refractivity contribution in [2.24, 2.45) is 46.3 Å². The summed E-state index contributed by atoms with van der Waals surface area (Å²) in [4.78, 5) is 0. The quantitative estimate of drug-likeness (QED) is 0.723. The van der Waals surface area contributed by atoms with E-state index in [2.05, 4.69) is 41.4 Å². The van der Waals surface area contributed by atoms with Crippen LogP contribution in [0.3, 0.4) is 0 Å². The summed E-state index contributed by atoms with van der Waals surface area (Å²) in [7, 11) is 1.86. The van der Waals surface area contributed by atoms with Crippen LogP contribution in [0.2, 0.25) is 0 Å². The molecule has 4 saturated carbocycles. The lowest BCUT2D eigenvalue weighted by atomic mass is 9.43. The minimum atomic E-state index is -0.127. The summed E-state index contributed by atoms with van der Waals surface area (Å²) >= 11 is 0. The molecule has 0 aliphatic heterocycles. The second-order valence-corrected chi connectivity index (χ2v) is 12.0. The van der Waals surface area contributed by atoms with Gasteiger partial charge in [0, 0.05) is 13.5 Å². The van der Waals surface area contributed by atoms with Gasteiger partial charge in [0.2, 0.25) is 0 Å². The van der Waals surface area contributed by atoms with Gasteiger partial charge in [-0.2, -0.15) is 0 Å². The number of methoxy groups -OCH3 is 1. The van der Waals surface area contributed by atoms with Gasteiger partial charge in [-0.3, -0.25) is 0 Å². The van der Waals surface area contributed by atoms with Gasteiger partial charge in [0.05, 0.1) is 12.2 Å². The zero-order chi connectivity index (χ0) is 21.8. The summed E-state index contributed by atoms with van der Waals surface area (Å²) in [5.41, 5.74) is 0.761. The zero-order valence-corrected chi connectivity index (χ0v) is 19.9. The topological polar surface area (TPSA) is 83.9 Å². The molecule has 0 amide bonds. The lowest BCUT2D eigenvalue weighted by Crippen LogP contribution is -2.58. The number of fused-ring (bicyclic) bond motifs is 5. The first-order valence-electron chi connectivity index (χ1n) is 12.8. The Bertz CT molecular complexity index is 757.